The van der Waals surface area contributed by atoms with Crippen molar-refractivity contribution >= 4 is 21.7 Å². The molecule has 0 spiro atoms. The molecule has 2 fully saturated rings. The Morgan fingerprint density at radius 3 is 2.46 bits per heavy atom. The van der Waals surface area contributed by atoms with Crippen molar-refractivity contribution in [2.45, 2.75) is 70.3 Å². The lowest BCUT2D eigenvalue weighted by molar-refractivity contribution is 0.0351. The minimum atomic E-state index is -3.27. The number of nitrogens with one attached hydrogen (secondary N) is 3. The molecule has 0 atom stereocenters. The van der Waals surface area contributed by atoms with Crippen molar-refractivity contribution in [3.8, 4) is 0 Å². The molecular weight excluding hydrogens is 464 g/mol. The Bertz CT molecular complexity index is 825. The van der Waals surface area contributed by atoms with E-state index in [4.69, 9.17) is 10.1 Å². The first kappa shape index (κ1) is 27.8. The van der Waals surface area contributed by atoms with E-state index in [0.29, 0.717) is 19.5 Å². The van der Waals surface area contributed by atoms with Crippen LogP contribution in [0.4, 0.5) is 5.69 Å². The first-order chi connectivity index (χ1) is 17.0. The highest BCUT2D eigenvalue weighted by Gasteiger charge is 2.30. The summed E-state index contributed by atoms with van der Waals surface area (Å²) in [6, 6.07) is 3.79. The zero-order chi connectivity index (χ0) is 24.8. The van der Waals surface area contributed by atoms with Gasteiger partial charge in [0, 0.05) is 56.8 Å². The normalized spacial score (nSPS) is 18.3. The second kappa shape index (κ2) is 15.4. The van der Waals surface area contributed by atoms with Gasteiger partial charge < -0.3 is 15.4 Å². The average Bonchev–Trinajstić information content (AvgIpc) is 3.14. The number of morpholine rings is 1. The number of sulfonamides is 1. The highest BCUT2D eigenvalue weighted by Crippen LogP contribution is 2.25. The van der Waals surface area contributed by atoms with Crippen LogP contribution < -0.4 is 10.6 Å². The van der Waals surface area contributed by atoms with Crippen molar-refractivity contribution in [2.75, 3.05) is 57.0 Å². The molecule has 198 valence electrons. The molecule has 3 N–H and O–H groups in total. The first-order valence-corrected chi connectivity index (χ1v) is 14.9. The first-order valence-electron chi connectivity index (χ1n) is 13.3. The molecule has 9 nitrogen and oxygen atoms in total. The van der Waals surface area contributed by atoms with Crippen molar-refractivity contribution in [1.29, 1.82) is 5.41 Å². The number of hydrogen-bond acceptors (Lipinski definition) is 6. The van der Waals surface area contributed by atoms with Gasteiger partial charge in [0.25, 0.3) is 0 Å². The van der Waals surface area contributed by atoms with Crippen LogP contribution in [0.5, 0.6) is 0 Å². The van der Waals surface area contributed by atoms with Crippen LogP contribution in [-0.4, -0.2) is 86.3 Å². The average molecular weight is 509 g/mol. The van der Waals surface area contributed by atoms with E-state index in [0.717, 1.165) is 83.5 Å². The number of ether oxygens (including phenoxy) is 1. The van der Waals surface area contributed by atoms with Crippen LogP contribution in [0, 0.1) is 5.41 Å². The minimum absolute atomic E-state index is 0.159. The predicted molar refractivity (Wildman–Crippen MR) is 141 cm³/mol. The van der Waals surface area contributed by atoms with Gasteiger partial charge in [-0.05, 0) is 37.8 Å². The summed E-state index contributed by atoms with van der Waals surface area (Å²) in [7, 11) is -3.27. The molecule has 0 radical (unpaired) electrons. The van der Waals surface area contributed by atoms with Crippen LogP contribution in [0.3, 0.4) is 0 Å². The fourth-order valence-electron chi connectivity index (χ4n) is 4.88. The van der Waals surface area contributed by atoms with Crippen LogP contribution in [0.15, 0.2) is 24.5 Å². The molecule has 1 aliphatic carbocycles. The monoisotopic (exact) mass is 508 g/mol. The third-order valence-corrected chi connectivity index (χ3v) is 8.91. The van der Waals surface area contributed by atoms with E-state index in [2.05, 4.69) is 20.5 Å². The summed E-state index contributed by atoms with van der Waals surface area (Å²) >= 11 is 0. The van der Waals surface area contributed by atoms with Gasteiger partial charge in [-0.3, -0.25) is 15.3 Å². The lowest BCUT2D eigenvalue weighted by Gasteiger charge is -2.33. The SMILES string of the molecule is N=C(NCCCCCCS(=O)(=O)N(CCN1CCOCC1)C1CCCCCC1)Nc1ccncc1. The van der Waals surface area contributed by atoms with Crippen LogP contribution in [-0.2, 0) is 14.8 Å². The molecule has 2 aliphatic rings. The van der Waals surface area contributed by atoms with Crippen molar-refractivity contribution in [1.82, 2.24) is 19.5 Å². The summed E-state index contributed by atoms with van der Waals surface area (Å²) in [6.45, 7) is 5.35. The van der Waals surface area contributed by atoms with Crippen molar-refractivity contribution in [2.24, 2.45) is 0 Å². The highest BCUT2D eigenvalue weighted by atomic mass is 32.2. The van der Waals surface area contributed by atoms with Crippen molar-refractivity contribution < 1.29 is 13.2 Å². The van der Waals surface area contributed by atoms with E-state index >= 15 is 0 Å². The van der Waals surface area contributed by atoms with E-state index in [1.54, 1.807) is 12.4 Å². The molecule has 1 saturated carbocycles. The molecule has 0 unspecified atom stereocenters. The van der Waals surface area contributed by atoms with Gasteiger partial charge in [0.2, 0.25) is 10.0 Å². The molecule has 0 bridgehead atoms. The molecular formula is C25H44N6O3S. The Morgan fingerprint density at radius 1 is 1.06 bits per heavy atom. The zero-order valence-corrected chi connectivity index (χ0v) is 21.9. The van der Waals surface area contributed by atoms with Crippen molar-refractivity contribution in [3.63, 3.8) is 0 Å². The third-order valence-electron chi connectivity index (χ3n) is 6.91. The van der Waals surface area contributed by atoms with E-state index in [1.807, 2.05) is 16.4 Å². The number of rotatable bonds is 13. The van der Waals surface area contributed by atoms with Gasteiger partial charge >= 0.3 is 0 Å². The van der Waals surface area contributed by atoms with Gasteiger partial charge in [-0.1, -0.05) is 38.5 Å². The second-order valence-electron chi connectivity index (χ2n) is 9.60. The van der Waals surface area contributed by atoms with Crippen LogP contribution >= 0.6 is 0 Å². The van der Waals surface area contributed by atoms with Crippen LogP contribution in [0.25, 0.3) is 0 Å². The van der Waals surface area contributed by atoms with Gasteiger partial charge in [0.15, 0.2) is 5.96 Å². The zero-order valence-electron chi connectivity index (χ0n) is 21.1. The number of pyridine rings is 1. The largest absolute Gasteiger partial charge is 0.379 e. The maximum Gasteiger partial charge on any atom is 0.214 e. The Balaban J connectivity index is 1.37. The fourth-order valence-corrected chi connectivity index (χ4v) is 6.71. The molecule has 1 aliphatic heterocycles. The number of guanidine groups is 1. The number of unbranched alkanes of at least 4 members (excludes halogenated alkanes) is 3. The summed E-state index contributed by atoms with van der Waals surface area (Å²) in [5, 5.41) is 14.0. The van der Waals surface area contributed by atoms with Crippen LogP contribution in [0.2, 0.25) is 0 Å². The van der Waals surface area contributed by atoms with Gasteiger partial charge in [0.1, 0.15) is 0 Å². The second-order valence-corrected chi connectivity index (χ2v) is 11.6. The fraction of sp³-hybridized carbons (Fsp3) is 0.760. The number of anilines is 1. The summed E-state index contributed by atoms with van der Waals surface area (Å²) in [4.78, 5) is 6.29. The maximum absolute atomic E-state index is 13.4. The van der Waals surface area contributed by atoms with Gasteiger partial charge in [0.05, 0.1) is 19.0 Å². The number of nitrogens with zero attached hydrogens (tertiary/aromatic N) is 3. The van der Waals surface area contributed by atoms with Crippen LogP contribution in [0.1, 0.15) is 64.2 Å². The lowest BCUT2D eigenvalue weighted by Crippen LogP contribution is -2.47. The smallest absolute Gasteiger partial charge is 0.214 e. The Labute approximate surface area is 211 Å². The summed E-state index contributed by atoms with van der Waals surface area (Å²) < 4.78 is 34.1. The quantitative estimate of drug-likeness (QED) is 0.162. The molecule has 2 heterocycles. The molecule has 10 heteroatoms. The van der Waals surface area contributed by atoms with Gasteiger partial charge in [-0.2, -0.15) is 4.31 Å². The van der Waals surface area contributed by atoms with E-state index in [-0.39, 0.29) is 17.8 Å². The third kappa shape index (κ3) is 10.4. The van der Waals surface area contributed by atoms with Crippen molar-refractivity contribution in [3.05, 3.63) is 24.5 Å². The molecule has 1 aromatic heterocycles. The van der Waals surface area contributed by atoms with E-state index < -0.39 is 10.0 Å². The van der Waals surface area contributed by atoms with Gasteiger partial charge in [-0.25, -0.2) is 8.42 Å². The Kier molecular flexibility index (Phi) is 12.2. The molecule has 1 aromatic rings. The summed E-state index contributed by atoms with van der Waals surface area (Å²) in [6.07, 6.45) is 13.5. The summed E-state index contributed by atoms with van der Waals surface area (Å²) in [5.74, 6) is 0.498. The standard InChI is InChI=1S/C25H44N6O3S/c26-25(29-23-11-14-27-15-12-23)28-13-7-3-4-8-22-35(32,33)31(24-9-5-1-2-6-10-24)17-16-30-18-20-34-21-19-30/h11-12,14-15,24H,1-10,13,16-22H2,(H3,26,27,28,29). The maximum atomic E-state index is 13.4. The molecule has 1 saturated heterocycles. The Hall–Kier alpha value is -1.75. The molecule has 0 aromatic carbocycles. The van der Waals surface area contributed by atoms with Gasteiger partial charge in [-0.15, -0.1) is 0 Å². The Morgan fingerprint density at radius 2 is 1.74 bits per heavy atom. The predicted octanol–water partition coefficient (Wildman–Crippen LogP) is 3.27. The van der Waals surface area contributed by atoms with E-state index in [9.17, 15) is 8.42 Å². The number of aromatic nitrogens is 1. The molecule has 35 heavy (non-hydrogen) atoms. The number of hydrogen-bond donors (Lipinski definition) is 3. The highest BCUT2D eigenvalue weighted by molar-refractivity contribution is 7.89. The lowest BCUT2D eigenvalue weighted by atomic mass is 10.1. The topological polar surface area (TPSA) is 111 Å². The molecule has 0 amide bonds. The van der Waals surface area contributed by atoms with E-state index in [1.165, 1.54) is 12.8 Å². The minimum Gasteiger partial charge on any atom is -0.379 e. The summed E-state index contributed by atoms with van der Waals surface area (Å²) in [5.41, 5.74) is 0.828. The molecule has 3 rings (SSSR count).